The smallest absolute Gasteiger partial charge is 0.270 e. The van der Waals surface area contributed by atoms with Crippen molar-refractivity contribution in [2.45, 2.75) is 77.9 Å². The van der Waals surface area contributed by atoms with Gasteiger partial charge < -0.3 is 25.8 Å². The average molecular weight is 594 g/mol. The maximum Gasteiger partial charge on any atom is 0.270 e. The predicted octanol–water partition coefficient (Wildman–Crippen LogP) is 2.85. The van der Waals surface area contributed by atoms with E-state index in [4.69, 9.17) is 0 Å². The van der Waals surface area contributed by atoms with Gasteiger partial charge in [0.15, 0.2) is 0 Å². The van der Waals surface area contributed by atoms with Crippen LogP contribution in [0.4, 0.5) is 5.69 Å². The van der Waals surface area contributed by atoms with Crippen LogP contribution in [0, 0.1) is 11.8 Å². The molecule has 3 N–H and O–H groups in total. The van der Waals surface area contributed by atoms with Gasteiger partial charge in [-0.2, -0.15) is 5.10 Å². The van der Waals surface area contributed by atoms with Gasteiger partial charge in [-0.1, -0.05) is 38.8 Å². The largest absolute Gasteiger partial charge is 0.344 e. The van der Waals surface area contributed by atoms with Crippen molar-refractivity contribution in [3.05, 3.63) is 47.8 Å². The van der Waals surface area contributed by atoms with Crippen LogP contribution in [0.25, 0.3) is 0 Å². The zero-order valence-corrected chi connectivity index (χ0v) is 26.1. The molecule has 2 fully saturated rings. The molecular weight excluding hydrogens is 546 g/mol. The molecule has 234 valence electrons. The molecule has 0 unspecified atom stereocenters. The first kappa shape index (κ1) is 32.2. The molecule has 2 heterocycles. The first-order valence-corrected chi connectivity index (χ1v) is 15.5. The lowest BCUT2D eigenvalue weighted by Gasteiger charge is -2.36. The number of benzene rings is 1. The van der Waals surface area contributed by atoms with Crippen molar-refractivity contribution in [1.82, 2.24) is 30.2 Å². The summed E-state index contributed by atoms with van der Waals surface area (Å²) in [5, 5.41) is 13.1. The highest BCUT2D eigenvalue weighted by Crippen LogP contribution is 2.31. The normalized spacial score (nSPS) is 21.4. The van der Waals surface area contributed by atoms with E-state index in [0.717, 1.165) is 44.3 Å². The maximum atomic E-state index is 13.6. The molecular formula is C32H47N7O4. The molecule has 11 nitrogen and oxygen atoms in total. The molecule has 0 spiro atoms. The van der Waals surface area contributed by atoms with Crippen molar-refractivity contribution >= 4 is 29.3 Å². The number of carbonyl (C=O) groups excluding carboxylic acids is 4. The van der Waals surface area contributed by atoms with Crippen LogP contribution in [0.15, 0.2) is 36.5 Å². The molecule has 1 aliphatic carbocycles. The Morgan fingerprint density at radius 3 is 2.21 bits per heavy atom. The third-order valence-corrected chi connectivity index (χ3v) is 8.99. The van der Waals surface area contributed by atoms with Gasteiger partial charge in [0.2, 0.25) is 17.7 Å². The monoisotopic (exact) mass is 593 g/mol. The van der Waals surface area contributed by atoms with E-state index in [1.54, 1.807) is 16.9 Å². The standard InChI is InChI=1S/C32H47N7O4/c1-6-39-27(15-16-33-39)30(41)36-29(25-9-7-21(2)8-10-25)31(42)35-26-13-11-24(12-14-26)22(3)28(34-23(4)40)32(43)38-19-17-37(5)18-20-38/h11-16,21-22,25,28-29H,6-10,17-20H2,1-5H3,(H,34,40)(H,35,42)(H,36,41)/t21-,22-,25-,28+,29-/m0/s1. The number of hydrogen-bond acceptors (Lipinski definition) is 6. The summed E-state index contributed by atoms with van der Waals surface area (Å²) in [6.45, 7) is 10.9. The Morgan fingerprint density at radius 2 is 1.60 bits per heavy atom. The number of likely N-dealkylation sites (N-methyl/N-ethyl adjacent to an activating group) is 1. The van der Waals surface area contributed by atoms with Gasteiger partial charge >= 0.3 is 0 Å². The number of nitrogens with zero attached hydrogens (tertiary/aromatic N) is 4. The molecule has 0 bridgehead atoms. The minimum absolute atomic E-state index is 0.0384. The zero-order chi connectivity index (χ0) is 31.1. The number of aromatic nitrogens is 2. The quantitative estimate of drug-likeness (QED) is 0.389. The number of aryl methyl sites for hydroxylation is 1. The molecule has 2 aromatic rings. The average Bonchev–Trinajstić information content (AvgIpc) is 3.48. The molecule has 2 aliphatic rings. The maximum absolute atomic E-state index is 13.6. The summed E-state index contributed by atoms with van der Waals surface area (Å²) in [6.07, 6.45) is 5.37. The van der Waals surface area contributed by atoms with Gasteiger partial charge in [0.25, 0.3) is 5.91 Å². The molecule has 11 heteroatoms. The zero-order valence-electron chi connectivity index (χ0n) is 26.1. The number of nitrogens with one attached hydrogen (secondary N) is 3. The van der Waals surface area contributed by atoms with Crippen LogP contribution < -0.4 is 16.0 Å². The lowest BCUT2D eigenvalue weighted by molar-refractivity contribution is -0.138. The molecule has 1 aliphatic heterocycles. The van der Waals surface area contributed by atoms with E-state index in [9.17, 15) is 19.2 Å². The van der Waals surface area contributed by atoms with Gasteiger partial charge in [-0.15, -0.1) is 0 Å². The van der Waals surface area contributed by atoms with Gasteiger partial charge in [0.05, 0.1) is 0 Å². The fourth-order valence-electron chi connectivity index (χ4n) is 6.13. The predicted molar refractivity (Wildman–Crippen MR) is 165 cm³/mol. The summed E-state index contributed by atoms with van der Waals surface area (Å²) in [4.78, 5) is 56.3. The number of piperazine rings is 1. The van der Waals surface area contributed by atoms with Crippen molar-refractivity contribution in [2.24, 2.45) is 11.8 Å². The second-order valence-corrected chi connectivity index (χ2v) is 12.2. The van der Waals surface area contributed by atoms with Crippen LogP contribution in [-0.4, -0.2) is 88.5 Å². The number of carbonyl (C=O) groups is 4. The highest BCUT2D eigenvalue weighted by atomic mass is 16.2. The lowest BCUT2D eigenvalue weighted by atomic mass is 9.79. The van der Waals surface area contributed by atoms with E-state index in [0.29, 0.717) is 36.9 Å². The van der Waals surface area contributed by atoms with Crippen LogP contribution in [0.2, 0.25) is 0 Å². The van der Waals surface area contributed by atoms with E-state index >= 15 is 0 Å². The molecule has 3 atom stereocenters. The van der Waals surface area contributed by atoms with Crippen molar-refractivity contribution in [1.29, 1.82) is 0 Å². The van der Waals surface area contributed by atoms with Gasteiger partial charge in [0.1, 0.15) is 17.8 Å². The lowest BCUT2D eigenvalue weighted by Crippen LogP contribution is -2.55. The Balaban J connectivity index is 1.46. The number of amides is 4. The van der Waals surface area contributed by atoms with Crippen molar-refractivity contribution in [3.63, 3.8) is 0 Å². The minimum atomic E-state index is -0.689. The highest BCUT2D eigenvalue weighted by molar-refractivity contribution is 6.00. The van der Waals surface area contributed by atoms with E-state index in [-0.39, 0.29) is 35.5 Å². The van der Waals surface area contributed by atoms with Gasteiger partial charge in [0, 0.05) is 57.4 Å². The molecule has 1 aromatic carbocycles. The Hall–Kier alpha value is -3.73. The van der Waals surface area contributed by atoms with Crippen LogP contribution in [0.1, 0.15) is 75.3 Å². The Morgan fingerprint density at radius 1 is 0.953 bits per heavy atom. The Kier molecular flexibility index (Phi) is 11.0. The molecule has 4 amide bonds. The molecule has 4 rings (SSSR count). The second-order valence-electron chi connectivity index (χ2n) is 12.2. The van der Waals surface area contributed by atoms with Crippen molar-refractivity contribution in [3.8, 4) is 0 Å². The molecule has 1 saturated carbocycles. The van der Waals surface area contributed by atoms with E-state index in [1.807, 2.05) is 50.1 Å². The summed E-state index contributed by atoms with van der Waals surface area (Å²) in [6, 6.07) is 7.67. The molecule has 43 heavy (non-hydrogen) atoms. The summed E-state index contributed by atoms with van der Waals surface area (Å²) < 4.78 is 1.62. The first-order valence-electron chi connectivity index (χ1n) is 15.5. The summed E-state index contributed by atoms with van der Waals surface area (Å²) in [7, 11) is 2.03. The third-order valence-electron chi connectivity index (χ3n) is 8.99. The summed E-state index contributed by atoms with van der Waals surface area (Å²) >= 11 is 0. The van der Waals surface area contributed by atoms with Gasteiger partial charge in [-0.3, -0.25) is 23.9 Å². The number of hydrogen-bond donors (Lipinski definition) is 3. The van der Waals surface area contributed by atoms with Crippen LogP contribution in [0.3, 0.4) is 0 Å². The summed E-state index contributed by atoms with van der Waals surface area (Å²) in [5.41, 5.74) is 1.91. The Labute approximate surface area is 254 Å². The van der Waals surface area contributed by atoms with Crippen LogP contribution in [-0.2, 0) is 20.9 Å². The van der Waals surface area contributed by atoms with Gasteiger partial charge in [-0.25, -0.2) is 0 Å². The first-order chi connectivity index (χ1) is 20.6. The fourth-order valence-corrected chi connectivity index (χ4v) is 6.13. The van der Waals surface area contributed by atoms with Crippen LogP contribution in [0.5, 0.6) is 0 Å². The van der Waals surface area contributed by atoms with Crippen LogP contribution >= 0.6 is 0 Å². The summed E-state index contributed by atoms with van der Waals surface area (Å²) in [5.74, 6) is -0.532. The van der Waals surface area contributed by atoms with Gasteiger partial charge in [-0.05, 0) is 62.4 Å². The molecule has 0 radical (unpaired) electrons. The SMILES string of the molecule is CCn1nccc1C(=O)N[C@H](C(=O)Nc1ccc([C@H](C)[C@@H](NC(C)=O)C(=O)N2CCN(C)CC2)cc1)[C@H]1CC[C@H](C)CC1. The second kappa shape index (κ2) is 14.6. The van der Waals surface area contributed by atoms with E-state index < -0.39 is 12.1 Å². The highest BCUT2D eigenvalue weighted by Gasteiger charge is 2.34. The Bertz CT molecular complexity index is 1260. The van der Waals surface area contributed by atoms with E-state index in [1.165, 1.54) is 6.92 Å². The number of rotatable bonds is 10. The van der Waals surface area contributed by atoms with E-state index in [2.05, 4.69) is 32.9 Å². The van der Waals surface area contributed by atoms with Crippen molar-refractivity contribution < 1.29 is 19.2 Å². The number of anilines is 1. The molecule has 1 saturated heterocycles. The molecule has 1 aromatic heterocycles. The van der Waals surface area contributed by atoms with Crippen molar-refractivity contribution in [2.75, 3.05) is 38.5 Å². The fraction of sp³-hybridized carbons (Fsp3) is 0.594. The third kappa shape index (κ3) is 8.22. The minimum Gasteiger partial charge on any atom is -0.344 e. The topological polar surface area (TPSA) is 129 Å².